The van der Waals surface area contributed by atoms with Crippen LogP contribution in [0.5, 0.6) is 0 Å². The molecular weight excluding hydrogens is 208 g/mol. The van der Waals surface area contributed by atoms with Crippen molar-refractivity contribution in [3.05, 3.63) is 22.8 Å². The van der Waals surface area contributed by atoms with Crippen LogP contribution in [0.3, 0.4) is 0 Å². The van der Waals surface area contributed by atoms with Gasteiger partial charge in [-0.15, -0.1) is 0 Å². The standard InChI is InChI=1S/C15H24N2/c1-9(2)12-11-8-7-10(3)13(11)17-14(16-12)15(4,5)6/h9-10H,7-8H2,1-6H3. The van der Waals surface area contributed by atoms with E-state index in [1.54, 1.807) is 0 Å². The molecule has 0 aliphatic heterocycles. The molecule has 94 valence electrons. The Balaban J connectivity index is 2.61. The zero-order chi connectivity index (χ0) is 12.8. The van der Waals surface area contributed by atoms with Crippen LogP contribution in [-0.4, -0.2) is 9.97 Å². The molecule has 2 nitrogen and oxygen atoms in total. The highest BCUT2D eigenvalue weighted by atomic mass is 14.9. The van der Waals surface area contributed by atoms with Gasteiger partial charge in [0.1, 0.15) is 5.82 Å². The van der Waals surface area contributed by atoms with Crippen molar-refractivity contribution in [1.29, 1.82) is 0 Å². The summed E-state index contributed by atoms with van der Waals surface area (Å²) in [6, 6.07) is 0. The third-order valence-electron chi connectivity index (χ3n) is 3.58. The van der Waals surface area contributed by atoms with Crippen LogP contribution in [0.2, 0.25) is 0 Å². The van der Waals surface area contributed by atoms with Crippen LogP contribution in [0.1, 0.15) is 82.6 Å². The Kier molecular flexibility index (Phi) is 3.01. The predicted octanol–water partition coefficient (Wildman–Crippen LogP) is 3.95. The van der Waals surface area contributed by atoms with E-state index >= 15 is 0 Å². The second kappa shape index (κ2) is 4.08. The molecule has 2 rings (SSSR count). The Labute approximate surface area is 105 Å². The van der Waals surface area contributed by atoms with Gasteiger partial charge in [-0.25, -0.2) is 9.97 Å². The van der Waals surface area contributed by atoms with Crippen molar-refractivity contribution in [3.63, 3.8) is 0 Å². The van der Waals surface area contributed by atoms with Gasteiger partial charge in [-0.1, -0.05) is 41.5 Å². The summed E-state index contributed by atoms with van der Waals surface area (Å²) < 4.78 is 0. The largest absolute Gasteiger partial charge is 0.237 e. The summed E-state index contributed by atoms with van der Waals surface area (Å²) in [7, 11) is 0. The van der Waals surface area contributed by atoms with Crippen LogP contribution in [0.15, 0.2) is 0 Å². The molecule has 0 saturated carbocycles. The average molecular weight is 232 g/mol. The Hall–Kier alpha value is -0.920. The molecule has 0 saturated heterocycles. The lowest BCUT2D eigenvalue weighted by Gasteiger charge is -2.21. The Bertz CT molecular complexity index is 427. The molecule has 2 heteroatoms. The van der Waals surface area contributed by atoms with Gasteiger partial charge in [-0.05, 0) is 30.2 Å². The van der Waals surface area contributed by atoms with E-state index in [-0.39, 0.29) is 5.41 Å². The van der Waals surface area contributed by atoms with Gasteiger partial charge >= 0.3 is 0 Å². The van der Waals surface area contributed by atoms with Crippen molar-refractivity contribution < 1.29 is 0 Å². The summed E-state index contributed by atoms with van der Waals surface area (Å²) in [5, 5.41) is 0. The third-order valence-corrected chi connectivity index (χ3v) is 3.58. The predicted molar refractivity (Wildman–Crippen MR) is 71.6 cm³/mol. The summed E-state index contributed by atoms with van der Waals surface area (Å²) in [5.74, 6) is 2.11. The number of hydrogen-bond acceptors (Lipinski definition) is 2. The molecule has 0 spiro atoms. The molecule has 0 bridgehead atoms. The lowest BCUT2D eigenvalue weighted by molar-refractivity contribution is 0.532. The second-order valence-electron chi connectivity index (χ2n) is 6.64. The first kappa shape index (κ1) is 12.5. The van der Waals surface area contributed by atoms with Gasteiger partial charge in [-0.3, -0.25) is 0 Å². The van der Waals surface area contributed by atoms with Crippen molar-refractivity contribution >= 4 is 0 Å². The van der Waals surface area contributed by atoms with Crippen LogP contribution in [-0.2, 0) is 11.8 Å². The third kappa shape index (κ3) is 2.22. The minimum absolute atomic E-state index is 0.0426. The molecule has 1 unspecified atom stereocenters. The van der Waals surface area contributed by atoms with E-state index in [2.05, 4.69) is 41.5 Å². The van der Waals surface area contributed by atoms with Gasteiger partial charge < -0.3 is 0 Å². The van der Waals surface area contributed by atoms with E-state index in [1.807, 2.05) is 0 Å². The first-order valence-corrected chi connectivity index (χ1v) is 6.72. The molecule has 1 aliphatic rings. The summed E-state index contributed by atoms with van der Waals surface area (Å²) in [4.78, 5) is 9.68. The highest BCUT2D eigenvalue weighted by molar-refractivity contribution is 5.35. The fourth-order valence-corrected chi connectivity index (χ4v) is 2.49. The summed E-state index contributed by atoms with van der Waals surface area (Å²) in [6.45, 7) is 13.3. The van der Waals surface area contributed by atoms with Gasteiger partial charge in [0, 0.05) is 5.41 Å². The lowest BCUT2D eigenvalue weighted by Crippen LogP contribution is -2.19. The summed E-state index contributed by atoms with van der Waals surface area (Å²) >= 11 is 0. The normalized spacial score (nSPS) is 19.8. The highest BCUT2D eigenvalue weighted by Gasteiger charge is 2.28. The second-order valence-corrected chi connectivity index (χ2v) is 6.64. The molecule has 1 aromatic heterocycles. The van der Waals surface area contributed by atoms with Crippen LogP contribution >= 0.6 is 0 Å². The van der Waals surface area contributed by atoms with Crippen molar-refractivity contribution in [3.8, 4) is 0 Å². The molecule has 0 radical (unpaired) electrons. The van der Waals surface area contributed by atoms with E-state index < -0.39 is 0 Å². The summed E-state index contributed by atoms with van der Waals surface area (Å²) in [5.41, 5.74) is 4.07. The molecule has 17 heavy (non-hydrogen) atoms. The van der Waals surface area contributed by atoms with Crippen molar-refractivity contribution in [2.75, 3.05) is 0 Å². The van der Waals surface area contributed by atoms with E-state index in [9.17, 15) is 0 Å². The Morgan fingerprint density at radius 2 is 1.82 bits per heavy atom. The zero-order valence-electron chi connectivity index (χ0n) is 12.0. The zero-order valence-corrected chi connectivity index (χ0v) is 12.0. The van der Waals surface area contributed by atoms with Crippen LogP contribution in [0, 0.1) is 0 Å². The first-order chi connectivity index (χ1) is 7.80. The number of aromatic nitrogens is 2. The van der Waals surface area contributed by atoms with E-state index in [0.717, 1.165) is 12.2 Å². The maximum atomic E-state index is 4.84. The molecule has 0 aromatic carbocycles. The van der Waals surface area contributed by atoms with E-state index in [1.165, 1.54) is 23.4 Å². The minimum atomic E-state index is 0.0426. The lowest BCUT2D eigenvalue weighted by atomic mass is 9.93. The van der Waals surface area contributed by atoms with E-state index in [4.69, 9.17) is 9.97 Å². The maximum absolute atomic E-state index is 4.84. The van der Waals surface area contributed by atoms with Crippen molar-refractivity contribution in [2.45, 2.75) is 71.6 Å². The fraction of sp³-hybridized carbons (Fsp3) is 0.733. The van der Waals surface area contributed by atoms with Gasteiger partial charge in [0.05, 0.1) is 11.4 Å². The molecule has 0 N–H and O–H groups in total. The number of nitrogens with zero attached hydrogens (tertiary/aromatic N) is 2. The van der Waals surface area contributed by atoms with E-state index in [0.29, 0.717) is 11.8 Å². The smallest absolute Gasteiger partial charge is 0.134 e. The molecule has 1 aliphatic carbocycles. The van der Waals surface area contributed by atoms with Crippen LogP contribution in [0.25, 0.3) is 0 Å². The topological polar surface area (TPSA) is 25.8 Å². The maximum Gasteiger partial charge on any atom is 0.134 e. The van der Waals surface area contributed by atoms with Gasteiger partial charge in [0.15, 0.2) is 0 Å². The monoisotopic (exact) mass is 232 g/mol. The molecule has 1 atom stereocenters. The quantitative estimate of drug-likeness (QED) is 0.732. The van der Waals surface area contributed by atoms with Crippen molar-refractivity contribution in [2.24, 2.45) is 0 Å². The number of rotatable bonds is 1. The first-order valence-electron chi connectivity index (χ1n) is 6.72. The molecule has 1 aromatic rings. The van der Waals surface area contributed by atoms with Crippen LogP contribution in [0.4, 0.5) is 0 Å². The molecule has 1 heterocycles. The summed E-state index contributed by atoms with van der Waals surface area (Å²) in [6.07, 6.45) is 2.39. The SMILES string of the molecule is CC(C)c1nc(C(C)(C)C)nc2c1CCC2C. The Morgan fingerprint density at radius 3 is 2.35 bits per heavy atom. The highest BCUT2D eigenvalue weighted by Crippen LogP contribution is 2.36. The molecular formula is C15H24N2. The Morgan fingerprint density at radius 1 is 1.18 bits per heavy atom. The molecule has 0 amide bonds. The number of hydrogen-bond donors (Lipinski definition) is 0. The van der Waals surface area contributed by atoms with Gasteiger partial charge in [0.2, 0.25) is 0 Å². The van der Waals surface area contributed by atoms with Gasteiger partial charge in [0.25, 0.3) is 0 Å². The minimum Gasteiger partial charge on any atom is -0.237 e. The molecule has 0 fully saturated rings. The van der Waals surface area contributed by atoms with Crippen LogP contribution < -0.4 is 0 Å². The fourth-order valence-electron chi connectivity index (χ4n) is 2.49. The van der Waals surface area contributed by atoms with Gasteiger partial charge in [-0.2, -0.15) is 0 Å². The van der Waals surface area contributed by atoms with Crippen molar-refractivity contribution in [1.82, 2.24) is 9.97 Å². The number of fused-ring (bicyclic) bond motifs is 1. The average Bonchev–Trinajstić information content (AvgIpc) is 2.58.